The summed E-state index contributed by atoms with van der Waals surface area (Å²) in [6, 6.07) is 32.7. The molecule has 7 nitrogen and oxygen atoms in total. The number of rotatable bonds is 4. The Hall–Kier alpha value is -5.30. The molecule has 7 heteroatoms. The van der Waals surface area contributed by atoms with Gasteiger partial charge in [-0.2, -0.15) is 0 Å². The first-order valence-electron chi connectivity index (χ1n) is 13.5. The Morgan fingerprint density at radius 3 is 2.41 bits per heavy atom. The lowest BCUT2D eigenvalue weighted by Crippen LogP contribution is -2.42. The highest BCUT2D eigenvalue weighted by atomic mass is 16.7. The average Bonchev–Trinajstić information content (AvgIpc) is 3.69. The minimum Gasteiger partial charge on any atom is -0.491 e. The molecule has 0 bridgehead atoms. The van der Waals surface area contributed by atoms with Crippen LogP contribution in [0.3, 0.4) is 0 Å². The molecule has 3 aliphatic rings. The molecule has 200 valence electrons. The quantitative estimate of drug-likeness (QED) is 0.301. The van der Waals surface area contributed by atoms with Gasteiger partial charge in [-0.25, -0.2) is 0 Å². The number of para-hydroxylation sites is 1. The van der Waals surface area contributed by atoms with Gasteiger partial charge in [0.25, 0.3) is 5.91 Å². The van der Waals surface area contributed by atoms with Gasteiger partial charge in [0.15, 0.2) is 11.5 Å². The summed E-state index contributed by atoms with van der Waals surface area (Å²) in [5, 5.41) is 5.09. The number of benzene rings is 5. The van der Waals surface area contributed by atoms with Gasteiger partial charge in [0.1, 0.15) is 17.8 Å². The lowest BCUT2D eigenvalue weighted by atomic mass is 9.77. The van der Waals surface area contributed by atoms with Gasteiger partial charge in [-0.15, -0.1) is 0 Å². The Labute approximate surface area is 235 Å². The zero-order valence-corrected chi connectivity index (χ0v) is 21.9. The summed E-state index contributed by atoms with van der Waals surface area (Å²) in [5.41, 5.74) is 3.83. The number of nitrogens with one attached hydrogen (secondary N) is 1. The summed E-state index contributed by atoms with van der Waals surface area (Å²) in [6.45, 7) is 0.728. The maximum absolute atomic E-state index is 14.2. The van der Waals surface area contributed by atoms with Crippen molar-refractivity contribution in [3.05, 3.63) is 125 Å². The van der Waals surface area contributed by atoms with E-state index in [0.29, 0.717) is 29.4 Å². The number of fused-ring (bicyclic) bond motifs is 6. The molecule has 1 atom stereocenters. The van der Waals surface area contributed by atoms with Gasteiger partial charge in [-0.05, 0) is 46.8 Å². The molecule has 3 heterocycles. The zero-order chi connectivity index (χ0) is 27.6. The number of anilines is 2. The highest BCUT2D eigenvalue weighted by Crippen LogP contribution is 2.55. The molecule has 41 heavy (non-hydrogen) atoms. The summed E-state index contributed by atoms with van der Waals surface area (Å²) in [5.74, 6) is 1.65. The van der Waals surface area contributed by atoms with Gasteiger partial charge in [0.05, 0.1) is 6.54 Å². The first-order valence-corrected chi connectivity index (χ1v) is 13.5. The van der Waals surface area contributed by atoms with Crippen LogP contribution in [0.2, 0.25) is 0 Å². The maximum atomic E-state index is 14.2. The van der Waals surface area contributed by atoms with Crippen LogP contribution in [-0.4, -0.2) is 25.2 Å². The standard InChI is InChI=1S/C34H24N2O5/c37-32(35-27-10-5-7-22-6-1-2-8-24(22)27)23-14-12-21(13-15-23)18-36-28-11-4-3-9-25(28)34(33(36)38)19-39-29-17-31-30(16-26(29)34)40-20-41-31/h1-17H,18-20H2,(H,35,37). The molecule has 0 radical (unpaired) electrons. The maximum Gasteiger partial charge on any atom is 0.255 e. The molecular formula is C34H24N2O5. The van der Waals surface area contributed by atoms with Crippen molar-refractivity contribution in [3.63, 3.8) is 0 Å². The van der Waals surface area contributed by atoms with E-state index in [-0.39, 0.29) is 25.2 Å². The third kappa shape index (κ3) is 3.52. The fourth-order valence-corrected chi connectivity index (χ4v) is 6.19. The van der Waals surface area contributed by atoms with Crippen molar-refractivity contribution in [3.8, 4) is 17.2 Å². The normalized spacial score (nSPS) is 18.0. The highest BCUT2D eigenvalue weighted by molar-refractivity contribution is 6.12. The number of nitrogens with zero attached hydrogens (tertiary/aromatic N) is 1. The summed E-state index contributed by atoms with van der Waals surface area (Å²) < 4.78 is 17.2. The van der Waals surface area contributed by atoms with Crippen molar-refractivity contribution in [2.24, 2.45) is 0 Å². The molecule has 3 aliphatic heterocycles. The molecule has 5 aromatic rings. The van der Waals surface area contributed by atoms with E-state index < -0.39 is 5.41 Å². The van der Waals surface area contributed by atoms with Crippen molar-refractivity contribution in [2.75, 3.05) is 23.6 Å². The Bertz CT molecular complexity index is 1880. The predicted octanol–water partition coefficient (Wildman–Crippen LogP) is 6.05. The monoisotopic (exact) mass is 540 g/mol. The Balaban J connectivity index is 1.07. The molecule has 0 saturated carbocycles. The lowest BCUT2D eigenvalue weighted by Gasteiger charge is -2.23. The van der Waals surface area contributed by atoms with Crippen LogP contribution in [0.1, 0.15) is 27.0 Å². The topological polar surface area (TPSA) is 77.1 Å². The van der Waals surface area contributed by atoms with Crippen LogP contribution >= 0.6 is 0 Å². The number of hydrogen-bond acceptors (Lipinski definition) is 5. The van der Waals surface area contributed by atoms with Crippen LogP contribution < -0.4 is 24.4 Å². The largest absolute Gasteiger partial charge is 0.491 e. The van der Waals surface area contributed by atoms with Crippen molar-refractivity contribution in [2.45, 2.75) is 12.0 Å². The van der Waals surface area contributed by atoms with Gasteiger partial charge in [0, 0.05) is 34.0 Å². The minimum absolute atomic E-state index is 0.0471. The first kappa shape index (κ1) is 23.6. The fourth-order valence-electron chi connectivity index (χ4n) is 6.19. The Morgan fingerprint density at radius 1 is 0.780 bits per heavy atom. The van der Waals surface area contributed by atoms with Crippen LogP contribution in [-0.2, 0) is 16.8 Å². The number of amides is 2. The number of carbonyl (C=O) groups excluding carboxylic acids is 2. The second-order valence-corrected chi connectivity index (χ2v) is 10.5. The fraction of sp³-hybridized carbons (Fsp3) is 0.118. The van der Waals surface area contributed by atoms with Crippen LogP contribution in [0, 0.1) is 0 Å². The van der Waals surface area contributed by atoms with Crippen LogP contribution in [0.15, 0.2) is 103 Å². The second-order valence-electron chi connectivity index (χ2n) is 10.5. The van der Waals surface area contributed by atoms with E-state index in [1.807, 2.05) is 95.9 Å². The van der Waals surface area contributed by atoms with Gasteiger partial charge in [-0.3, -0.25) is 9.59 Å². The van der Waals surface area contributed by atoms with E-state index >= 15 is 0 Å². The molecule has 0 aliphatic carbocycles. The van der Waals surface area contributed by atoms with Crippen LogP contribution in [0.5, 0.6) is 17.2 Å². The first-order chi connectivity index (χ1) is 20.1. The number of hydrogen-bond donors (Lipinski definition) is 1. The molecule has 0 fully saturated rings. The predicted molar refractivity (Wildman–Crippen MR) is 155 cm³/mol. The molecule has 8 rings (SSSR count). The third-order valence-corrected chi connectivity index (χ3v) is 8.24. The lowest BCUT2D eigenvalue weighted by molar-refractivity contribution is -0.122. The molecular weight excluding hydrogens is 516 g/mol. The summed E-state index contributed by atoms with van der Waals surface area (Å²) in [7, 11) is 0. The van der Waals surface area contributed by atoms with Crippen molar-refractivity contribution >= 4 is 34.0 Å². The van der Waals surface area contributed by atoms with E-state index in [2.05, 4.69) is 5.32 Å². The summed E-state index contributed by atoms with van der Waals surface area (Å²) in [6.07, 6.45) is 0. The highest BCUT2D eigenvalue weighted by Gasteiger charge is 2.57. The minimum atomic E-state index is -0.953. The molecule has 1 spiro atoms. The summed E-state index contributed by atoms with van der Waals surface area (Å²) >= 11 is 0. The van der Waals surface area contributed by atoms with Crippen molar-refractivity contribution in [1.82, 2.24) is 0 Å². The van der Waals surface area contributed by atoms with E-state index in [1.165, 1.54) is 0 Å². The molecule has 1 unspecified atom stereocenters. The van der Waals surface area contributed by atoms with Gasteiger partial charge < -0.3 is 24.4 Å². The molecule has 5 aromatic carbocycles. The molecule has 0 aromatic heterocycles. The average molecular weight is 541 g/mol. The number of ether oxygens (including phenoxy) is 3. The zero-order valence-electron chi connectivity index (χ0n) is 21.9. The second kappa shape index (κ2) is 8.86. The number of carbonyl (C=O) groups is 2. The summed E-state index contributed by atoms with van der Waals surface area (Å²) in [4.78, 5) is 29.1. The van der Waals surface area contributed by atoms with E-state index in [1.54, 1.807) is 12.1 Å². The molecule has 2 amide bonds. The van der Waals surface area contributed by atoms with E-state index in [4.69, 9.17) is 14.2 Å². The van der Waals surface area contributed by atoms with Crippen LogP contribution in [0.25, 0.3) is 10.8 Å². The molecule has 0 saturated heterocycles. The third-order valence-electron chi connectivity index (χ3n) is 8.24. The Kier molecular flexibility index (Phi) is 5.09. The van der Waals surface area contributed by atoms with Gasteiger partial charge in [-0.1, -0.05) is 66.7 Å². The van der Waals surface area contributed by atoms with E-state index in [0.717, 1.165) is 38.8 Å². The SMILES string of the molecule is O=C(Nc1cccc2ccccc12)c1ccc(CN2C(=O)C3(COc4cc5c(cc43)OCO5)c3ccccc32)cc1. The van der Waals surface area contributed by atoms with Gasteiger partial charge >= 0.3 is 0 Å². The van der Waals surface area contributed by atoms with Gasteiger partial charge in [0.2, 0.25) is 12.7 Å². The molecule has 1 N–H and O–H groups in total. The van der Waals surface area contributed by atoms with Crippen molar-refractivity contribution in [1.29, 1.82) is 0 Å². The van der Waals surface area contributed by atoms with Crippen LogP contribution in [0.4, 0.5) is 11.4 Å². The smallest absolute Gasteiger partial charge is 0.255 e. The van der Waals surface area contributed by atoms with Crippen molar-refractivity contribution < 1.29 is 23.8 Å². The Morgan fingerprint density at radius 2 is 1.54 bits per heavy atom. The van der Waals surface area contributed by atoms with E-state index in [9.17, 15) is 9.59 Å².